The number of hydrogen-bond donors (Lipinski definition) is 0. The SMILES string of the molecule is C[C@@H](C(=O)OCc1ccsc1)N(C)CC(F)(F)F. The van der Waals surface area contributed by atoms with Crippen molar-refractivity contribution in [2.24, 2.45) is 0 Å². The zero-order chi connectivity index (χ0) is 13.8. The molecule has 0 radical (unpaired) electrons. The minimum atomic E-state index is -4.32. The minimum absolute atomic E-state index is 0.0898. The number of hydrogen-bond acceptors (Lipinski definition) is 4. The Kier molecular flexibility index (Phi) is 5.15. The average molecular weight is 281 g/mol. The van der Waals surface area contributed by atoms with Crippen LogP contribution in [-0.4, -0.2) is 36.7 Å². The molecule has 0 N–H and O–H groups in total. The standard InChI is InChI=1S/C11H14F3NO2S/c1-8(15(2)7-11(12,13)14)10(16)17-5-9-3-4-18-6-9/h3-4,6,8H,5,7H2,1-2H3/t8-/m0/s1. The topological polar surface area (TPSA) is 29.5 Å². The van der Waals surface area contributed by atoms with E-state index in [4.69, 9.17) is 4.74 Å². The number of esters is 1. The van der Waals surface area contributed by atoms with Crippen LogP contribution in [0.3, 0.4) is 0 Å². The Labute approximate surface area is 107 Å². The third kappa shape index (κ3) is 5.05. The third-order valence-electron chi connectivity index (χ3n) is 2.39. The molecule has 0 amide bonds. The van der Waals surface area contributed by atoms with Crippen molar-refractivity contribution in [1.29, 1.82) is 0 Å². The van der Waals surface area contributed by atoms with Gasteiger partial charge in [-0.15, -0.1) is 0 Å². The minimum Gasteiger partial charge on any atom is -0.460 e. The van der Waals surface area contributed by atoms with Crippen molar-refractivity contribution in [2.75, 3.05) is 13.6 Å². The zero-order valence-corrected chi connectivity index (χ0v) is 10.8. The van der Waals surface area contributed by atoms with Gasteiger partial charge >= 0.3 is 12.1 Å². The van der Waals surface area contributed by atoms with Gasteiger partial charge in [0.1, 0.15) is 12.6 Å². The van der Waals surface area contributed by atoms with Crippen molar-refractivity contribution in [1.82, 2.24) is 4.90 Å². The maximum Gasteiger partial charge on any atom is 0.401 e. The number of thiophene rings is 1. The molecule has 0 saturated carbocycles. The average Bonchev–Trinajstić information content (AvgIpc) is 2.75. The van der Waals surface area contributed by atoms with Crippen molar-refractivity contribution >= 4 is 17.3 Å². The molecule has 0 bridgehead atoms. The molecular weight excluding hydrogens is 267 g/mol. The highest BCUT2D eigenvalue weighted by Crippen LogP contribution is 2.17. The summed E-state index contributed by atoms with van der Waals surface area (Å²) in [7, 11) is 1.24. The normalized spacial score (nSPS) is 13.7. The van der Waals surface area contributed by atoms with E-state index < -0.39 is 24.7 Å². The van der Waals surface area contributed by atoms with Crippen LogP contribution in [0.5, 0.6) is 0 Å². The molecule has 18 heavy (non-hydrogen) atoms. The lowest BCUT2D eigenvalue weighted by molar-refractivity contribution is -0.162. The molecule has 102 valence electrons. The van der Waals surface area contributed by atoms with Gasteiger partial charge in [-0.25, -0.2) is 0 Å². The molecule has 1 aromatic heterocycles. The number of nitrogens with zero attached hydrogens (tertiary/aromatic N) is 1. The van der Waals surface area contributed by atoms with E-state index in [-0.39, 0.29) is 6.61 Å². The van der Waals surface area contributed by atoms with Crippen molar-refractivity contribution in [3.8, 4) is 0 Å². The van der Waals surface area contributed by atoms with Gasteiger partial charge < -0.3 is 4.74 Å². The first-order chi connectivity index (χ1) is 8.29. The van der Waals surface area contributed by atoms with Crippen molar-refractivity contribution in [2.45, 2.75) is 25.7 Å². The predicted octanol–water partition coefficient (Wildman–Crippen LogP) is 2.67. The highest BCUT2D eigenvalue weighted by molar-refractivity contribution is 7.07. The number of rotatable bonds is 5. The summed E-state index contributed by atoms with van der Waals surface area (Å²) in [4.78, 5) is 12.5. The van der Waals surface area contributed by atoms with Gasteiger partial charge in [-0.05, 0) is 30.8 Å². The van der Waals surface area contributed by atoms with E-state index in [1.165, 1.54) is 25.3 Å². The van der Waals surface area contributed by atoms with E-state index in [1.807, 2.05) is 10.8 Å². The van der Waals surface area contributed by atoms with Gasteiger partial charge in [0, 0.05) is 5.56 Å². The molecule has 0 unspecified atom stereocenters. The molecule has 1 atom stereocenters. The summed E-state index contributed by atoms with van der Waals surface area (Å²) in [6.45, 7) is 0.343. The second kappa shape index (κ2) is 6.19. The van der Waals surface area contributed by atoms with Crippen LogP contribution in [0.15, 0.2) is 16.8 Å². The summed E-state index contributed by atoms with van der Waals surface area (Å²) in [5.74, 6) is -0.659. The first-order valence-corrected chi connectivity index (χ1v) is 6.18. The number of likely N-dealkylation sites (N-methyl/N-ethyl adjacent to an activating group) is 1. The fraction of sp³-hybridized carbons (Fsp3) is 0.545. The molecule has 1 heterocycles. The molecule has 7 heteroatoms. The van der Waals surface area contributed by atoms with E-state index in [9.17, 15) is 18.0 Å². The number of ether oxygens (including phenoxy) is 1. The van der Waals surface area contributed by atoms with Crippen molar-refractivity contribution in [3.63, 3.8) is 0 Å². The Balaban J connectivity index is 2.41. The number of carbonyl (C=O) groups excluding carboxylic acids is 1. The molecular formula is C11H14F3NO2S. The smallest absolute Gasteiger partial charge is 0.401 e. The van der Waals surface area contributed by atoms with Crippen molar-refractivity contribution < 1.29 is 22.7 Å². The highest BCUT2D eigenvalue weighted by atomic mass is 32.1. The fourth-order valence-corrected chi connectivity index (χ4v) is 1.90. The van der Waals surface area contributed by atoms with Crippen LogP contribution in [0.4, 0.5) is 13.2 Å². The zero-order valence-electron chi connectivity index (χ0n) is 10.0. The van der Waals surface area contributed by atoms with Crippen molar-refractivity contribution in [3.05, 3.63) is 22.4 Å². The fourth-order valence-electron chi connectivity index (χ4n) is 1.25. The lowest BCUT2D eigenvalue weighted by Crippen LogP contribution is -2.42. The molecule has 3 nitrogen and oxygen atoms in total. The van der Waals surface area contributed by atoms with Crippen LogP contribution in [0.1, 0.15) is 12.5 Å². The van der Waals surface area contributed by atoms with Crippen LogP contribution < -0.4 is 0 Å². The van der Waals surface area contributed by atoms with Gasteiger partial charge in [0.05, 0.1) is 6.54 Å². The van der Waals surface area contributed by atoms with Gasteiger partial charge in [0.2, 0.25) is 0 Å². The molecule has 1 aromatic rings. The van der Waals surface area contributed by atoms with Gasteiger partial charge in [-0.2, -0.15) is 24.5 Å². The Morgan fingerprint density at radius 2 is 2.22 bits per heavy atom. The Morgan fingerprint density at radius 3 is 2.72 bits per heavy atom. The summed E-state index contributed by atoms with van der Waals surface area (Å²) in [6, 6.07) is 0.868. The molecule has 0 saturated heterocycles. The van der Waals surface area contributed by atoms with Crippen LogP contribution in [0.2, 0.25) is 0 Å². The molecule has 0 aromatic carbocycles. The highest BCUT2D eigenvalue weighted by Gasteiger charge is 2.33. The van der Waals surface area contributed by atoms with E-state index in [0.717, 1.165) is 10.5 Å². The molecule has 0 aliphatic carbocycles. The maximum absolute atomic E-state index is 12.1. The second-order valence-corrected chi connectivity index (χ2v) is 4.73. The molecule has 1 rings (SSSR count). The summed E-state index contributed by atoms with van der Waals surface area (Å²) in [5, 5.41) is 3.65. The summed E-state index contributed by atoms with van der Waals surface area (Å²) in [5.41, 5.74) is 0.832. The van der Waals surface area contributed by atoms with Gasteiger partial charge in [0.15, 0.2) is 0 Å². The molecule has 0 aliphatic heterocycles. The largest absolute Gasteiger partial charge is 0.460 e. The molecule has 0 spiro atoms. The lowest BCUT2D eigenvalue weighted by atomic mass is 10.3. The van der Waals surface area contributed by atoms with E-state index >= 15 is 0 Å². The first-order valence-electron chi connectivity index (χ1n) is 5.24. The van der Waals surface area contributed by atoms with Gasteiger partial charge in [-0.1, -0.05) is 0 Å². The quantitative estimate of drug-likeness (QED) is 0.777. The first kappa shape index (κ1) is 15.0. The predicted molar refractivity (Wildman–Crippen MR) is 62.3 cm³/mol. The Hall–Kier alpha value is -1.08. The van der Waals surface area contributed by atoms with Crippen LogP contribution in [0, 0.1) is 0 Å². The molecule has 0 fully saturated rings. The summed E-state index contributed by atoms with van der Waals surface area (Å²) < 4.78 is 41.4. The summed E-state index contributed by atoms with van der Waals surface area (Å²) in [6.07, 6.45) is -4.32. The number of carbonyl (C=O) groups is 1. The van der Waals surface area contributed by atoms with E-state index in [1.54, 1.807) is 6.07 Å². The Bertz CT molecular complexity index is 378. The monoisotopic (exact) mass is 281 g/mol. The number of halogens is 3. The van der Waals surface area contributed by atoms with E-state index in [0.29, 0.717) is 0 Å². The van der Waals surface area contributed by atoms with Gasteiger partial charge in [0.25, 0.3) is 0 Å². The van der Waals surface area contributed by atoms with E-state index in [2.05, 4.69) is 0 Å². The lowest BCUT2D eigenvalue weighted by Gasteiger charge is -2.23. The number of alkyl halides is 3. The second-order valence-electron chi connectivity index (χ2n) is 3.95. The third-order valence-corrected chi connectivity index (χ3v) is 3.12. The van der Waals surface area contributed by atoms with Crippen LogP contribution >= 0.6 is 11.3 Å². The van der Waals surface area contributed by atoms with Crippen LogP contribution in [0.25, 0.3) is 0 Å². The van der Waals surface area contributed by atoms with Gasteiger partial charge in [-0.3, -0.25) is 9.69 Å². The Morgan fingerprint density at radius 1 is 1.56 bits per heavy atom. The maximum atomic E-state index is 12.1. The molecule has 0 aliphatic rings. The summed E-state index contributed by atoms with van der Waals surface area (Å²) >= 11 is 1.46. The van der Waals surface area contributed by atoms with Crippen LogP contribution in [-0.2, 0) is 16.1 Å².